The van der Waals surface area contributed by atoms with Crippen LogP contribution in [0.5, 0.6) is 5.75 Å². The van der Waals surface area contributed by atoms with Gasteiger partial charge in [-0.2, -0.15) is 5.10 Å². The van der Waals surface area contributed by atoms with Crippen LogP contribution >= 0.6 is 12.2 Å². The standard InChI is InChI=1S/C12H13N3O2S/c1-2-17-8-7-15-11(13-14-12(15)18)9-5-3-4-6-10(9)16/h2-6,16H,1,7-8H2,(H,14,18). The van der Waals surface area contributed by atoms with Gasteiger partial charge in [0.2, 0.25) is 0 Å². The molecule has 1 aromatic heterocycles. The number of aromatic hydroxyl groups is 1. The van der Waals surface area contributed by atoms with Crippen LogP contribution in [0.1, 0.15) is 0 Å². The number of H-pyrrole nitrogens is 1. The van der Waals surface area contributed by atoms with Crippen LogP contribution in [0, 0.1) is 4.77 Å². The molecule has 2 aromatic rings. The zero-order chi connectivity index (χ0) is 13.0. The van der Waals surface area contributed by atoms with Crippen LogP contribution in [0.4, 0.5) is 0 Å². The number of phenolic OH excluding ortho intramolecular Hbond substituents is 1. The van der Waals surface area contributed by atoms with Crippen LogP contribution in [-0.4, -0.2) is 26.5 Å². The third-order valence-corrected chi connectivity index (χ3v) is 2.77. The Kier molecular flexibility index (Phi) is 3.78. The Balaban J connectivity index is 2.37. The van der Waals surface area contributed by atoms with Crippen LogP contribution in [0.3, 0.4) is 0 Å². The number of phenols is 1. The predicted octanol–water partition coefficient (Wildman–Crippen LogP) is 2.47. The van der Waals surface area contributed by atoms with Crippen LogP contribution in [0.2, 0.25) is 0 Å². The second-order valence-electron chi connectivity index (χ2n) is 3.56. The minimum absolute atomic E-state index is 0.164. The maximum atomic E-state index is 9.82. The van der Waals surface area contributed by atoms with E-state index in [0.29, 0.717) is 29.3 Å². The Labute approximate surface area is 109 Å². The number of hydrogen-bond acceptors (Lipinski definition) is 4. The Morgan fingerprint density at radius 1 is 1.50 bits per heavy atom. The number of hydrogen-bond donors (Lipinski definition) is 2. The lowest BCUT2D eigenvalue weighted by atomic mass is 10.2. The minimum atomic E-state index is 0.164. The van der Waals surface area contributed by atoms with E-state index in [0.717, 1.165) is 0 Å². The number of rotatable bonds is 5. The van der Waals surface area contributed by atoms with Crippen molar-refractivity contribution >= 4 is 12.2 Å². The van der Waals surface area contributed by atoms with Crippen LogP contribution in [0.15, 0.2) is 37.1 Å². The first-order valence-corrected chi connectivity index (χ1v) is 5.81. The van der Waals surface area contributed by atoms with E-state index >= 15 is 0 Å². The highest BCUT2D eigenvalue weighted by atomic mass is 32.1. The molecule has 0 aliphatic carbocycles. The molecule has 0 saturated carbocycles. The maximum Gasteiger partial charge on any atom is 0.195 e. The largest absolute Gasteiger partial charge is 0.507 e. The molecule has 0 unspecified atom stereocenters. The van der Waals surface area contributed by atoms with Crippen molar-refractivity contribution in [2.45, 2.75) is 6.54 Å². The number of nitrogens with one attached hydrogen (secondary N) is 1. The van der Waals surface area contributed by atoms with Crippen molar-refractivity contribution in [1.82, 2.24) is 14.8 Å². The molecule has 0 atom stereocenters. The van der Waals surface area contributed by atoms with Crippen molar-refractivity contribution in [2.24, 2.45) is 0 Å². The summed E-state index contributed by atoms with van der Waals surface area (Å²) >= 11 is 5.15. The van der Waals surface area contributed by atoms with Gasteiger partial charge < -0.3 is 9.84 Å². The lowest BCUT2D eigenvalue weighted by Gasteiger charge is -2.07. The maximum absolute atomic E-state index is 9.82. The van der Waals surface area contributed by atoms with Gasteiger partial charge in [0.25, 0.3) is 0 Å². The summed E-state index contributed by atoms with van der Waals surface area (Å²) in [6.07, 6.45) is 1.38. The summed E-state index contributed by atoms with van der Waals surface area (Å²) in [5.41, 5.74) is 0.628. The summed E-state index contributed by atoms with van der Waals surface area (Å²) in [5, 5.41) is 16.7. The molecule has 0 amide bonds. The van der Waals surface area contributed by atoms with Gasteiger partial charge in [-0.15, -0.1) is 0 Å². The van der Waals surface area contributed by atoms with Gasteiger partial charge >= 0.3 is 0 Å². The fourth-order valence-corrected chi connectivity index (χ4v) is 1.84. The van der Waals surface area contributed by atoms with Crippen LogP contribution < -0.4 is 0 Å². The Morgan fingerprint density at radius 3 is 3.00 bits per heavy atom. The molecule has 0 aliphatic rings. The van der Waals surface area contributed by atoms with Crippen molar-refractivity contribution in [3.8, 4) is 17.1 Å². The van der Waals surface area contributed by atoms with E-state index in [1.54, 1.807) is 22.8 Å². The van der Waals surface area contributed by atoms with E-state index in [1.165, 1.54) is 6.26 Å². The Bertz CT molecular complexity index is 603. The predicted molar refractivity (Wildman–Crippen MR) is 70.7 cm³/mol. The number of aromatic nitrogens is 3. The van der Waals surface area contributed by atoms with Crippen LogP contribution in [0.25, 0.3) is 11.4 Å². The number of ether oxygens (including phenoxy) is 1. The second-order valence-corrected chi connectivity index (χ2v) is 3.95. The van der Waals surface area contributed by atoms with Gasteiger partial charge in [0.05, 0.1) is 18.4 Å². The molecule has 1 aromatic carbocycles. The van der Waals surface area contributed by atoms with E-state index in [-0.39, 0.29) is 5.75 Å². The van der Waals surface area contributed by atoms with Gasteiger partial charge in [0.1, 0.15) is 12.4 Å². The molecule has 2 N–H and O–H groups in total. The average Bonchev–Trinajstić information content (AvgIpc) is 2.72. The fraction of sp³-hybridized carbons (Fsp3) is 0.167. The number of benzene rings is 1. The molecule has 18 heavy (non-hydrogen) atoms. The minimum Gasteiger partial charge on any atom is -0.507 e. The smallest absolute Gasteiger partial charge is 0.195 e. The quantitative estimate of drug-likeness (QED) is 0.494. The van der Waals surface area contributed by atoms with E-state index in [2.05, 4.69) is 16.8 Å². The van der Waals surface area contributed by atoms with E-state index in [9.17, 15) is 5.11 Å². The number of nitrogens with zero attached hydrogens (tertiary/aromatic N) is 2. The zero-order valence-corrected chi connectivity index (χ0v) is 10.5. The Hall–Kier alpha value is -2.08. The molecule has 94 valence electrons. The summed E-state index contributed by atoms with van der Waals surface area (Å²) in [7, 11) is 0. The lowest BCUT2D eigenvalue weighted by molar-refractivity contribution is 0.236. The molecule has 0 spiro atoms. The van der Waals surface area contributed by atoms with E-state index in [4.69, 9.17) is 17.0 Å². The summed E-state index contributed by atoms with van der Waals surface area (Å²) < 4.78 is 7.33. The van der Waals surface area contributed by atoms with Gasteiger partial charge in [0.15, 0.2) is 10.6 Å². The third kappa shape index (κ3) is 2.43. The monoisotopic (exact) mass is 263 g/mol. The molecular weight excluding hydrogens is 250 g/mol. The third-order valence-electron chi connectivity index (χ3n) is 2.45. The molecule has 0 saturated heterocycles. The highest BCUT2D eigenvalue weighted by Crippen LogP contribution is 2.26. The first kappa shape index (κ1) is 12.4. The zero-order valence-electron chi connectivity index (χ0n) is 9.67. The molecule has 1 heterocycles. The SMILES string of the molecule is C=COCCn1c(-c2ccccc2O)n[nH]c1=S. The Morgan fingerprint density at radius 2 is 2.28 bits per heavy atom. The topological polar surface area (TPSA) is 63.1 Å². The molecule has 6 heteroatoms. The van der Waals surface area contributed by atoms with Gasteiger partial charge in [-0.05, 0) is 24.4 Å². The lowest BCUT2D eigenvalue weighted by Crippen LogP contribution is -2.05. The summed E-state index contributed by atoms with van der Waals surface area (Å²) in [5.74, 6) is 0.753. The second kappa shape index (κ2) is 5.50. The summed E-state index contributed by atoms with van der Waals surface area (Å²) in [4.78, 5) is 0. The summed E-state index contributed by atoms with van der Waals surface area (Å²) in [6.45, 7) is 4.45. The summed E-state index contributed by atoms with van der Waals surface area (Å²) in [6, 6.07) is 6.98. The van der Waals surface area contributed by atoms with Gasteiger partial charge in [-0.25, -0.2) is 0 Å². The van der Waals surface area contributed by atoms with Crippen molar-refractivity contribution < 1.29 is 9.84 Å². The molecule has 0 bridgehead atoms. The number of aromatic amines is 1. The van der Waals surface area contributed by atoms with Crippen LogP contribution in [-0.2, 0) is 11.3 Å². The number of para-hydroxylation sites is 1. The molecular formula is C12H13N3O2S. The van der Waals surface area contributed by atoms with Crippen molar-refractivity contribution in [2.75, 3.05) is 6.61 Å². The van der Waals surface area contributed by atoms with Crippen molar-refractivity contribution in [3.05, 3.63) is 41.9 Å². The molecule has 5 nitrogen and oxygen atoms in total. The first-order valence-electron chi connectivity index (χ1n) is 5.40. The molecule has 0 fully saturated rings. The fourth-order valence-electron chi connectivity index (χ4n) is 1.62. The highest BCUT2D eigenvalue weighted by Gasteiger charge is 2.11. The molecule has 0 radical (unpaired) electrons. The van der Waals surface area contributed by atoms with E-state index < -0.39 is 0 Å². The van der Waals surface area contributed by atoms with Crippen molar-refractivity contribution in [3.63, 3.8) is 0 Å². The van der Waals surface area contributed by atoms with Crippen molar-refractivity contribution in [1.29, 1.82) is 0 Å². The molecule has 0 aliphatic heterocycles. The highest BCUT2D eigenvalue weighted by molar-refractivity contribution is 7.71. The first-order chi connectivity index (χ1) is 8.74. The molecule has 2 rings (SSSR count). The van der Waals surface area contributed by atoms with E-state index in [1.807, 2.05) is 6.07 Å². The normalized spacial score (nSPS) is 10.2. The van der Waals surface area contributed by atoms with Gasteiger partial charge in [0, 0.05) is 0 Å². The van der Waals surface area contributed by atoms with Gasteiger partial charge in [-0.3, -0.25) is 9.67 Å². The average molecular weight is 263 g/mol. The van der Waals surface area contributed by atoms with Gasteiger partial charge in [-0.1, -0.05) is 18.7 Å².